The molecule has 2 rings (SSSR count). The van der Waals surface area contributed by atoms with Gasteiger partial charge in [-0.25, -0.2) is 13.1 Å². The van der Waals surface area contributed by atoms with E-state index in [1.54, 1.807) is 12.1 Å². The minimum atomic E-state index is -3.63. The van der Waals surface area contributed by atoms with Crippen LogP contribution in [0.25, 0.3) is 0 Å². The molecule has 0 bridgehead atoms. The fourth-order valence-corrected chi connectivity index (χ4v) is 3.70. The van der Waals surface area contributed by atoms with Crippen molar-refractivity contribution in [3.8, 4) is 0 Å². The number of nitrogens with one attached hydrogen (secondary N) is 1. The summed E-state index contributed by atoms with van der Waals surface area (Å²) in [5, 5.41) is 0.363. The van der Waals surface area contributed by atoms with Crippen molar-refractivity contribution in [1.82, 2.24) is 9.62 Å². The molecule has 0 spiro atoms. The first-order valence-corrected chi connectivity index (χ1v) is 9.81. The van der Waals surface area contributed by atoms with Crippen molar-refractivity contribution in [3.63, 3.8) is 0 Å². The summed E-state index contributed by atoms with van der Waals surface area (Å²) in [6.45, 7) is 3.66. The molecule has 5 nitrogen and oxygen atoms in total. The number of rotatable bonds is 9. The number of carbonyl (C=O) groups excluding carboxylic acids is 1. The first-order valence-electron chi connectivity index (χ1n) is 7.95. The third-order valence-electron chi connectivity index (χ3n) is 3.76. The fourth-order valence-electron chi connectivity index (χ4n) is 2.37. The zero-order valence-electron chi connectivity index (χ0n) is 13.3. The van der Waals surface area contributed by atoms with Crippen molar-refractivity contribution in [3.05, 3.63) is 29.3 Å². The largest absolute Gasteiger partial charge is 0.342 e. The van der Waals surface area contributed by atoms with Gasteiger partial charge in [0.05, 0.1) is 4.90 Å². The van der Waals surface area contributed by atoms with Crippen LogP contribution in [0.5, 0.6) is 0 Å². The van der Waals surface area contributed by atoms with Crippen molar-refractivity contribution in [2.24, 2.45) is 5.92 Å². The molecule has 1 aliphatic carbocycles. The summed E-state index contributed by atoms with van der Waals surface area (Å²) < 4.78 is 26.8. The van der Waals surface area contributed by atoms with Crippen LogP contribution in [-0.2, 0) is 14.8 Å². The molecular weight excluding hydrogens is 336 g/mol. The number of halogens is 1. The molecule has 1 aromatic carbocycles. The van der Waals surface area contributed by atoms with Crippen LogP contribution in [0.4, 0.5) is 0 Å². The van der Waals surface area contributed by atoms with Gasteiger partial charge in [-0.1, -0.05) is 24.6 Å². The molecule has 0 radical (unpaired) electrons. The number of amides is 1. The molecule has 0 saturated heterocycles. The summed E-state index contributed by atoms with van der Waals surface area (Å²) in [4.78, 5) is 14.2. The van der Waals surface area contributed by atoms with Gasteiger partial charge in [0.2, 0.25) is 15.9 Å². The van der Waals surface area contributed by atoms with Crippen LogP contribution in [0.3, 0.4) is 0 Å². The zero-order chi connectivity index (χ0) is 16.9. The number of sulfonamides is 1. The zero-order valence-corrected chi connectivity index (χ0v) is 14.9. The number of benzene rings is 1. The van der Waals surface area contributed by atoms with E-state index < -0.39 is 10.0 Å². The van der Waals surface area contributed by atoms with Crippen LogP contribution in [0, 0.1) is 5.92 Å². The van der Waals surface area contributed by atoms with E-state index in [4.69, 9.17) is 11.6 Å². The molecule has 0 unspecified atom stereocenters. The maximum atomic E-state index is 12.2. The third-order valence-corrected chi connectivity index (χ3v) is 5.45. The molecule has 1 N–H and O–H groups in total. The van der Waals surface area contributed by atoms with E-state index in [1.807, 2.05) is 11.8 Å². The quantitative estimate of drug-likeness (QED) is 0.738. The molecule has 1 fully saturated rings. The molecule has 1 amide bonds. The minimum absolute atomic E-state index is 0.00699. The van der Waals surface area contributed by atoms with Gasteiger partial charge in [-0.3, -0.25) is 4.79 Å². The molecule has 1 aliphatic rings. The van der Waals surface area contributed by atoms with Crippen molar-refractivity contribution >= 4 is 27.5 Å². The fraction of sp³-hybridized carbons (Fsp3) is 0.562. The van der Waals surface area contributed by atoms with Gasteiger partial charge in [-0.15, -0.1) is 0 Å². The predicted octanol–water partition coefficient (Wildman–Crippen LogP) is 2.66. The molecule has 0 heterocycles. The molecule has 1 aromatic rings. The maximum absolute atomic E-state index is 12.2. The Kier molecular flexibility index (Phi) is 6.44. The van der Waals surface area contributed by atoms with E-state index in [9.17, 15) is 13.2 Å². The summed E-state index contributed by atoms with van der Waals surface area (Å²) >= 11 is 5.81. The molecule has 0 aliphatic heterocycles. The average molecular weight is 359 g/mol. The van der Waals surface area contributed by atoms with Gasteiger partial charge in [0, 0.05) is 31.1 Å². The highest BCUT2D eigenvalue weighted by Crippen LogP contribution is 2.29. The third kappa shape index (κ3) is 5.79. The summed E-state index contributed by atoms with van der Waals surface area (Å²) in [6.07, 6.45) is 3.46. The Morgan fingerprint density at radius 1 is 1.39 bits per heavy atom. The summed E-state index contributed by atoms with van der Waals surface area (Å²) in [6, 6.07) is 6.07. The lowest BCUT2D eigenvalue weighted by atomic mass is 10.3. The molecular formula is C16H23ClN2O3S. The summed E-state index contributed by atoms with van der Waals surface area (Å²) in [5.74, 6) is 0.640. The van der Waals surface area contributed by atoms with E-state index in [-0.39, 0.29) is 23.8 Å². The van der Waals surface area contributed by atoms with E-state index in [0.717, 1.165) is 19.5 Å². The standard InChI is InChI=1S/C16H23ClN2O3S/c1-2-10-19(12-13-6-7-13)16(20)8-9-18-23(21,22)15-5-3-4-14(17)11-15/h3-5,11,13,18H,2,6-10,12H2,1H3. The Balaban J connectivity index is 1.86. The van der Waals surface area contributed by atoms with Gasteiger partial charge in [0.25, 0.3) is 0 Å². The highest BCUT2D eigenvalue weighted by molar-refractivity contribution is 7.89. The number of nitrogens with zero attached hydrogens (tertiary/aromatic N) is 1. The normalized spacial score (nSPS) is 14.7. The number of hydrogen-bond acceptors (Lipinski definition) is 3. The number of hydrogen-bond donors (Lipinski definition) is 1. The smallest absolute Gasteiger partial charge is 0.240 e. The first kappa shape index (κ1) is 18.2. The lowest BCUT2D eigenvalue weighted by Crippen LogP contribution is -2.36. The highest BCUT2D eigenvalue weighted by Gasteiger charge is 2.26. The molecule has 23 heavy (non-hydrogen) atoms. The molecule has 7 heteroatoms. The Morgan fingerprint density at radius 3 is 2.74 bits per heavy atom. The topological polar surface area (TPSA) is 66.5 Å². The van der Waals surface area contributed by atoms with Gasteiger partial charge >= 0.3 is 0 Å². The van der Waals surface area contributed by atoms with Crippen LogP contribution in [0.15, 0.2) is 29.2 Å². The van der Waals surface area contributed by atoms with Crippen LogP contribution in [0.2, 0.25) is 5.02 Å². The Bertz CT molecular complexity index is 644. The van der Waals surface area contributed by atoms with E-state index in [1.165, 1.54) is 25.0 Å². The van der Waals surface area contributed by atoms with E-state index in [0.29, 0.717) is 10.9 Å². The van der Waals surface area contributed by atoms with Gasteiger partial charge in [0.15, 0.2) is 0 Å². The van der Waals surface area contributed by atoms with Crippen molar-refractivity contribution < 1.29 is 13.2 Å². The van der Waals surface area contributed by atoms with Crippen molar-refractivity contribution in [2.75, 3.05) is 19.6 Å². The molecule has 0 aromatic heterocycles. The maximum Gasteiger partial charge on any atom is 0.240 e. The second-order valence-corrected chi connectivity index (χ2v) is 8.09. The summed E-state index contributed by atoms with van der Waals surface area (Å²) in [7, 11) is -3.63. The molecule has 1 saturated carbocycles. The summed E-state index contributed by atoms with van der Waals surface area (Å²) in [5.41, 5.74) is 0. The predicted molar refractivity (Wildman–Crippen MR) is 90.9 cm³/mol. The molecule has 0 atom stereocenters. The lowest BCUT2D eigenvalue weighted by molar-refractivity contribution is -0.131. The van der Waals surface area contributed by atoms with Crippen molar-refractivity contribution in [1.29, 1.82) is 0 Å². The second kappa shape index (κ2) is 8.13. The minimum Gasteiger partial charge on any atom is -0.342 e. The molecule has 128 valence electrons. The average Bonchev–Trinajstić information content (AvgIpc) is 3.30. The van der Waals surface area contributed by atoms with E-state index >= 15 is 0 Å². The number of carbonyl (C=O) groups is 1. The Hall–Kier alpha value is -1.11. The Labute approximate surface area is 143 Å². The van der Waals surface area contributed by atoms with Crippen LogP contribution >= 0.6 is 11.6 Å². The lowest BCUT2D eigenvalue weighted by Gasteiger charge is -2.22. The van der Waals surface area contributed by atoms with Crippen LogP contribution in [0.1, 0.15) is 32.6 Å². The van der Waals surface area contributed by atoms with Crippen LogP contribution < -0.4 is 4.72 Å². The van der Waals surface area contributed by atoms with Crippen molar-refractivity contribution in [2.45, 2.75) is 37.5 Å². The second-order valence-electron chi connectivity index (χ2n) is 5.89. The first-order chi connectivity index (χ1) is 10.9. The van der Waals surface area contributed by atoms with Gasteiger partial charge in [0.1, 0.15) is 0 Å². The van der Waals surface area contributed by atoms with Crippen LogP contribution in [-0.4, -0.2) is 38.9 Å². The van der Waals surface area contributed by atoms with E-state index in [2.05, 4.69) is 4.72 Å². The SMILES string of the molecule is CCCN(CC1CC1)C(=O)CCNS(=O)(=O)c1cccc(Cl)c1. The highest BCUT2D eigenvalue weighted by atomic mass is 35.5. The van der Waals surface area contributed by atoms with Gasteiger partial charge in [-0.05, 0) is 43.4 Å². The van der Waals surface area contributed by atoms with Gasteiger partial charge < -0.3 is 4.90 Å². The van der Waals surface area contributed by atoms with Gasteiger partial charge in [-0.2, -0.15) is 0 Å². The Morgan fingerprint density at radius 2 is 2.13 bits per heavy atom. The monoisotopic (exact) mass is 358 g/mol.